The number of carboxylic acid groups (broad SMARTS) is 1. The largest absolute Gasteiger partial charge is 0.478 e. The minimum absolute atomic E-state index is 0.872. The molecule has 0 heterocycles. The zero-order valence-corrected chi connectivity index (χ0v) is 12.5. The summed E-state index contributed by atoms with van der Waals surface area (Å²) in [4.78, 5) is 10.4. The van der Waals surface area contributed by atoms with E-state index in [1.807, 2.05) is 24.3 Å². The van der Waals surface area contributed by atoms with Crippen LogP contribution in [0.15, 0.2) is 33.7 Å². The third-order valence-corrected chi connectivity index (χ3v) is 3.19. The second-order valence-corrected chi connectivity index (χ2v) is 6.04. The van der Waals surface area contributed by atoms with Crippen LogP contribution in [-0.2, 0) is 4.79 Å². The topological polar surface area (TPSA) is 37.3 Å². The summed E-state index contributed by atoms with van der Waals surface area (Å²) >= 11 is 6.82. The lowest BCUT2D eigenvalue weighted by Gasteiger charge is -2.06. The van der Waals surface area contributed by atoms with Gasteiger partial charge in [0, 0.05) is 6.08 Å². The van der Waals surface area contributed by atoms with Crippen molar-refractivity contribution in [2.45, 2.75) is 13.3 Å². The van der Waals surface area contributed by atoms with Crippen LogP contribution in [0.25, 0.3) is 11.6 Å². The number of hydrogen-bond acceptors (Lipinski definition) is 1. The molecule has 0 fully saturated rings. The third kappa shape index (κ3) is 4.48. The Kier molecular flexibility index (Phi) is 5.65. The SMILES string of the molecule is CCC(=C(Br)Br)c1cccc(/C=C/C(=O)O)c1. The highest BCUT2D eigenvalue weighted by molar-refractivity contribution is 9.28. The van der Waals surface area contributed by atoms with Gasteiger partial charge < -0.3 is 5.11 Å². The molecule has 0 amide bonds. The van der Waals surface area contributed by atoms with Crippen LogP contribution in [0.5, 0.6) is 0 Å². The third-order valence-electron chi connectivity index (χ3n) is 2.24. The van der Waals surface area contributed by atoms with Gasteiger partial charge in [0.25, 0.3) is 0 Å². The second kappa shape index (κ2) is 6.77. The zero-order valence-electron chi connectivity index (χ0n) is 9.28. The Bertz CT molecular complexity index is 472. The molecule has 2 nitrogen and oxygen atoms in total. The summed E-state index contributed by atoms with van der Waals surface area (Å²) in [7, 11) is 0. The van der Waals surface area contributed by atoms with Crippen LogP contribution in [0.1, 0.15) is 24.5 Å². The van der Waals surface area contributed by atoms with Gasteiger partial charge in [0.05, 0.1) is 3.39 Å². The van der Waals surface area contributed by atoms with E-state index >= 15 is 0 Å². The van der Waals surface area contributed by atoms with Gasteiger partial charge in [-0.25, -0.2) is 4.79 Å². The Labute approximate surface area is 117 Å². The molecule has 1 aromatic rings. The molecule has 0 atom stereocenters. The van der Waals surface area contributed by atoms with Gasteiger partial charge in [0.15, 0.2) is 0 Å². The van der Waals surface area contributed by atoms with Gasteiger partial charge >= 0.3 is 5.97 Å². The van der Waals surface area contributed by atoms with Gasteiger partial charge in [-0.2, -0.15) is 0 Å². The number of benzene rings is 1. The number of carboxylic acids is 1. The first-order valence-corrected chi connectivity index (χ1v) is 6.68. The maximum absolute atomic E-state index is 10.4. The number of aliphatic carboxylic acids is 1. The van der Waals surface area contributed by atoms with E-state index in [0.717, 1.165) is 32.6 Å². The molecule has 1 N–H and O–H groups in total. The lowest BCUT2D eigenvalue weighted by Crippen LogP contribution is -1.87. The number of allylic oxidation sites excluding steroid dienone is 1. The van der Waals surface area contributed by atoms with Crippen molar-refractivity contribution >= 4 is 49.5 Å². The fourth-order valence-electron chi connectivity index (χ4n) is 1.44. The van der Waals surface area contributed by atoms with E-state index < -0.39 is 5.97 Å². The summed E-state index contributed by atoms with van der Waals surface area (Å²) in [6.07, 6.45) is 3.61. The first-order valence-electron chi connectivity index (χ1n) is 5.10. The van der Waals surface area contributed by atoms with E-state index in [1.165, 1.54) is 0 Å². The summed E-state index contributed by atoms with van der Waals surface area (Å²) in [6, 6.07) is 7.74. The highest BCUT2D eigenvalue weighted by Gasteiger charge is 2.03. The minimum Gasteiger partial charge on any atom is -0.478 e. The van der Waals surface area contributed by atoms with Crippen LogP contribution in [0.4, 0.5) is 0 Å². The average molecular weight is 360 g/mol. The Morgan fingerprint density at radius 2 is 2.12 bits per heavy atom. The van der Waals surface area contributed by atoms with Crippen LogP contribution in [-0.4, -0.2) is 11.1 Å². The summed E-state index contributed by atoms with van der Waals surface area (Å²) < 4.78 is 0.923. The molecule has 4 heteroatoms. The molecule has 0 saturated carbocycles. The summed E-state index contributed by atoms with van der Waals surface area (Å²) in [5, 5.41) is 8.58. The lowest BCUT2D eigenvalue weighted by molar-refractivity contribution is -0.131. The predicted molar refractivity (Wildman–Crippen MR) is 78.2 cm³/mol. The molecular weight excluding hydrogens is 348 g/mol. The molecule has 1 rings (SSSR count). The van der Waals surface area contributed by atoms with Gasteiger partial charge in [-0.05, 0) is 67.1 Å². The Balaban J connectivity index is 3.09. The fourth-order valence-corrected chi connectivity index (χ4v) is 2.46. The second-order valence-electron chi connectivity index (χ2n) is 3.39. The fraction of sp³-hybridized carbons (Fsp3) is 0.154. The Morgan fingerprint density at radius 3 is 2.65 bits per heavy atom. The van der Waals surface area contributed by atoms with E-state index in [4.69, 9.17) is 5.11 Å². The van der Waals surface area contributed by atoms with E-state index in [1.54, 1.807) is 6.08 Å². The molecule has 0 aliphatic heterocycles. The molecular formula is C13H12Br2O2. The van der Waals surface area contributed by atoms with Crippen LogP contribution in [0.2, 0.25) is 0 Å². The quantitative estimate of drug-likeness (QED) is 0.794. The molecule has 1 aromatic carbocycles. The maximum atomic E-state index is 10.4. The van der Waals surface area contributed by atoms with Crippen molar-refractivity contribution in [1.29, 1.82) is 0 Å². The van der Waals surface area contributed by atoms with E-state index in [9.17, 15) is 4.79 Å². The molecule has 0 aliphatic carbocycles. The van der Waals surface area contributed by atoms with Crippen molar-refractivity contribution < 1.29 is 9.90 Å². The minimum atomic E-state index is -0.941. The number of rotatable bonds is 4. The van der Waals surface area contributed by atoms with Crippen molar-refractivity contribution in [3.05, 3.63) is 44.9 Å². The molecule has 0 aliphatic rings. The smallest absolute Gasteiger partial charge is 0.328 e. The number of carbonyl (C=O) groups is 1. The first kappa shape index (κ1) is 14.2. The van der Waals surface area contributed by atoms with Crippen molar-refractivity contribution in [2.24, 2.45) is 0 Å². The van der Waals surface area contributed by atoms with Crippen molar-refractivity contribution in [1.82, 2.24) is 0 Å². The molecule has 17 heavy (non-hydrogen) atoms. The lowest BCUT2D eigenvalue weighted by atomic mass is 10.0. The van der Waals surface area contributed by atoms with Crippen LogP contribution < -0.4 is 0 Å². The van der Waals surface area contributed by atoms with Crippen LogP contribution in [0, 0.1) is 0 Å². The van der Waals surface area contributed by atoms with Gasteiger partial charge in [0.1, 0.15) is 0 Å². The van der Waals surface area contributed by atoms with Crippen LogP contribution >= 0.6 is 31.9 Å². The average Bonchev–Trinajstić information content (AvgIpc) is 2.27. The van der Waals surface area contributed by atoms with Gasteiger partial charge in [-0.15, -0.1) is 0 Å². The molecule has 0 aromatic heterocycles. The number of hydrogen-bond donors (Lipinski definition) is 1. The molecule has 0 bridgehead atoms. The number of halogens is 2. The van der Waals surface area contributed by atoms with Crippen LogP contribution in [0.3, 0.4) is 0 Å². The van der Waals surface area contributed by atoms with E-state index in [-0.39, 0.29) is 0 Å². The Morgan fingerprint density at radius 1 is 1.41 bits per heavy atom. The van der Waals surface area contributed by atoms with Crippen molar-refractivity contribution in [2.75, 3.05) is 0 Å². The van der Waals surface area contributed by atoms with Crippen molar-refractivity contribution in [3.8, 4) is 0 Å². The van der Waals surface area contributed by atoms with Gasteiger partial charge in [-0.1, -0.05) is 25.1 Å². The highest BCUT2D eigenvalue weighted by Crippen LogP contribution is 2.30. The molecule has 0 radical (unpaired) electrons. The first-order chi connectivity index (χ1) is 8.04. The highest BCUT2D eigenvalue weighted by atomic mass is 79.9. The summed E-state index contributed by atoms with van der Waals surface area (Å²) in [5.41, 5.74) is 3.09. The van der Waals surface area contributed by atoms with Crippen molar-refractivity contribution in [3.63, 3.8) is 0 Å². The van der Waals surface area contributed by atoms with Gasteiger partial charge in [0.2, 0.25) is 0 Å². The maximum Gasteiger partial charge on any atom is 0.328 e. The molecule has 0 unspecified atom stereocenters. The molecule has 0 spiro atoms. The monoisotopic (exact) mass is 358 g/mol. The Hall–Kier alpha value is -0.870. The zero-order chi connectivity index (χ0) is 12.8. The predicted octanol–water partition coefficient (Wildman–Crippen LogP) is 4.65. The van der Waals surface area contributed by atoms with E-state index in [2.05, 4.69) is 38.8 Å². The normalized spacial score (nSPS) is 10.5. The summed E-state index contributed by atoms with van der Waals surface area (Å²) in [5.74, 6) is -0.941. The van der Waals surface area contributed by atoms with Gasteiger partial charge in [-0.3, -0.25) is 0 Å². The summed E-state index contributed by atoms with van der Waals surface area (Å²) in [6.45, 7) is 2.07. The standard InChI is InChI=1S/C13H12Br2O2/c1-2-11(13(14)15)10-5-3-4-9(8-10)6-7-12(16)17/h3-8H,2H2,1H3,(H,16,17)/b7-6+. The van der Waals surface area contributed by atoms with E-state index in [0.29, 0.717) is 0 Å². The molecule has 90 valence electrons. The molecule has 0 saturated heterocycles.